The van der Waals surface area contributed by atoms with E-state index in [4.69, 9.17) is 4.55 Å². The van der Waals surface area contributed by atoms with Gasteiger partial charge in [0, 0.05) is 13.3 Å². The number of carbonyl (C=O) groups excluding carboxylic acids is 1. The first-order valence-electron chi connectivity index (χ1n) is 6.88. The summed E-state index contributed by atoms with van der Waals surface area (Å²) in [5.74, 6) is -0.208. The largest absolute Gasteiger partial charge is 0.351 e. The summed E-state index contributed by atoms with van der Waals surface area (Å²) >= 11 is 0. The summed E-state index contributed by atoms with van der Waals surface area (Å²) in [6, 6.07) is 0. The molecule has 0 radical (unpaired) electrons. The van der Waals surface area contributed by atoms with E-state index >= 15 is 0 Å². The Morgan fingerprint density at radius 1 is 1.21 bits per heavy atom. The molecule has 1 rings (SSSR count). The Morgan fingerprint density at radius 2 is 1.84 bits per heavy atom. The van der Waals surface area contributed by atoms with Gasteiger partial charge in [-0.15, -0.1) is 0 Å². The average Bonchev–Trinajstić information content (AvgIpc) is 2.28. The molecule has 0 aromatic rings. The molecule has 2 N–H and O–H groups in total. The Hall–Kier alpha value is -0.660. The van der Waals surface area contributed by atoms with E-state index in [0.29, 0.717) is 13.0 Å². The molecular formula is C12H25N2O4S+. The summed E-state index contributed by atoms with van der Waals surface area (Å²) in [6.45, 7) is 5.78. The van der Waals surface area contributed by atoms with Gasteiger partial charge in [-0.2, -0.15) is 8.42 Å². The van der Waals surface area contributed by atoms with E-state index in [1.54, 1.807) is 0 Å². The fourth-order valence-corrected chi connectivity index (χ4v) is 3.29. The SMILES string of the molecule is CC(=O)NCC[N+]1(CCCS(=O)(=O)O)CCCCC1. The van der Waals surface area contributed by atoms with E-state index in [-0.39, 0.29) is 11.7 Å². The van der Waals surface area contributed by atoms with Crippen LogP contribution in [0.2, 0.25) is 0 Å². The molecule has 0 aromatic carbocycles. The molecule has 1 amide bonds. The van der Waals surface area contributed by atoms with Crippen molar-refractivity contribution in [3.05, 3.63) is 0 Å². The summed E-state index contributed by atoms with van der Waals surface area (Å²) in [5.41, 5.74) is 0. The van der Waals surface area contributed by atoms with Gasteiger partial charge < -0.3 is 9.80 Å². The minimum Gasteiger partial charge on any atom is -0.351 e. The lowest BCUT2D eigenvalue weighted by Gasteiger charge is -2.41. The highest BCUT2D eigenvalue weighted by atomic mass is 32.2. The third-order valence-electron chi connectivity index (χ3n) is 3.76. The number of rotatable bonds is 7. The fraction of sp³-hybridized carbons (Fsp3) is 0.917. The molecule has 1 aliphatic rings. The van der Waals surface area contributed by atoms with E-state index in [1.165, 1.54) is 13.3 Å². The lowest BCUT2D eigenvalue weighted by Crippen LogP contribution is -2.55. The molecular weight excluding hydrogens is 268 g/mol. The number of likely N-dealkylation sites (tertiary alicyclic amines) is 1. The highest BCUT2D eigenvalue weighted by molar-refractivity contribution is 7.85. The Morgan fingerprint density at radius 3 is 2.37 bits per heavy atom. The van der Waals surface area contributed by atoms with Gasteiger partial charge in [0.2, 0.25) is 5.91 Å². The Balaban J connectivity index is 2.47. The Kier molecular flexibility index (Phi) is 6.22. The summed E-state index contributed by atoms with van der Waals surface area (Å²) in [7, 11) is -3.87. The van der Waals surface area contributed by atoms with Gasteiger partial charge in [0.25, 0.3) is 10.1 Å². The number of hydrogen-bond donors (Lipinski definition) is 2. The molecule has 1 saturated heterocycles. The van der Waals surface area contributed by atoms with Gasteiger partial charge in [-0.1, -0.05) is 0 Å². The summed E-state index contributed by atoms with van der Waals surface area (Å²) in [6.07, 6.45) is 3.98. The molecule has 1 aliphatic heterocycles. The van der Waals surface area contributed by atoms with Crippen molar-refractivity contribution in [2.45, 2.75) is 32.6 Å². The monoisotopic (exact) mass is 293 g/mol. The second-order valence-corrected chi connectivity index (χ2v) is 6.99. The fourth-order valence-electron chi connectivity index (χ4n) is 2.79. The molecule has 0 spiro atoms. The van der Waals surface area contributed by atoms with Gasteiger partial charge in [0.05, 0.1) is 38.5 Å². The number of nitrogens with zero attached hydrogens (tertiary/aromatic N) is 1. The number of amides is 1. The van der Waals surface area contributed by atoms with Crippen LogP contribution < -0.4 is 5.32 Å². The molecule has 1 heterocycles. The highest BCUT2D eigenvalue weighted by Gasteiger charge is 2.29. The van der Waals surface area contributed by atoms with Crippen LogP contribution in [0.15, 0.2) is 0 Å². The quantitative estimate of drug-likeness (QED) is 0.526. The summed E-state index contributed by atoms with van der Waals surface area (Å²) in [4.78, 5) is 10.9. The van der Waals surface area contributed by atoms with Crippen molar-refractivity contribution in [2.24, 2.45) is 0 Å². The van der Waals surface area contributed by atoms with Crippen LogP contribution in [0.1, 0.15) is 32.6 Å². The topological polar surface area (TPSA) is 83.5 Å². The second-order valence-electron chi connectivity index (χ2n) is 5.42. The number of carbonyl (C=O) groups is 1. The first-order chi connectivity index (χ1) is 8.83. The lowest BCUT2D eigenvalue weighted by molar-refractivity contribution is -0.931. The van der Waals surface area contributed by atoms with Crippen molar-refractivity contribution in [3.63, 3.8) is 0 Å². The first kappa shape index (κ1) is 16.4. The van der Waals surface area contributed by atoms with Crippen molar-refractivity contribution < 1.29 is 22.2 Å². The zero-order chi connectivity index (χ0) is 14.4. The van der Waals surface area contributed by atoms with Crippen LogP contribution in [0, 0.1) is 0 Å². The average molecular weight is 293 g/mol. The van der Waals surface area contributed by atoms with Crippen LogP contribution in [0.25, 0.3) is 0 Å². The third-order valence-corrected chi connectivity index (χ3v) is 4.56. The molecule has 0 unspecified atom stereocenters. The number of hydrogen-bond acceptors (Lipinski definition) is 3. The van der Waals surface area contributed by atoms with Crippen LogP contribution in [0.3, 0.4) is 0 Å². The van der Waals surface area contributed by atoms with E-state index in [0.717, 1.165) is 43.5 Å². The van der Waals surface area contributed by atoms with Crippen molar-refractivity contribution in [3.8, 4) is 0 Å². The number of quaternary nitrogens is 1. The van der Waals surface area contributed by atoms with E-state index in [9.17, 15) is 13.2 Å². The van der Waals surface area contributed by atoms with Crippen molar-refractivity contribution in [1.82, 2.24) is 5.32 Å². The summed E-state index contributed by atoms with van der Waals surface area (Å²) < 4.78 is 31.2. The van der Waals surface area contributed by atoms with Crippen LogP contribution in [-0.2, 0) is 14.9 Å². The van der Waals surface area contributed by atoms with E-state index in [2.05, 4.69) is 5.32 Å². The van der Waals surface area contributed by atoms with Crippen molar-refractivity contribution in [2.75, 3.05) is 38.5 Å². The van der Waals surface area contributed by atoms with Gasteiger partial charge >= 0.3 is 0 Å². The first-order valence-corrected chi connectivity index (χ1v) is 8.49. The van der Waals surface area contributed by atoms with E-state index in [1.807, 2.05) is 0 Å². The van der Waals surface area contributed by atoms with Gasteiger partial charge in [-0.3, -0.25) is 9.35 Å². The van der Waals surface area contributed by atoms with Crippen LogP contribution in [0.5, 0.6) is 0 Å². The molecule has 1 fully saturated rings. The number of nitrogens with one attached hydrogen (secondary N) is 1. The molecule has 112 valence electrons. The van der Waals surface area contributed by atoms with Gasteiger partial charge in [0.1, 0.15) is 0 Å². The molecule has 0 bridgehead atoms. The standard InChI is InChI=1S/C12H24N2O4S/c1-12(15)13-6-10-14(7-3-2-4-8-14)9-5-11-19(16,17)18/h2-11H2,1H3,(H-,13,15,16,17,18)/p+1. The molecule has 0 aromatic heterocycles. The van der Waals surface area contributed by atoms with Crippen LogP contribution in [-0.4, -0.2) is 61.8 Å². The number of piperidine rings is 1. The Labute approximate surface area is 115 Å². The highest BCUT2D eigenvalue weighted by Crippen LogP contribution is 2.19. The molecule has 19 heavy (non-hydrogen) atoms. The smallest absolute Gasteiger partial charge is 0.265 e. The molecule has 0 atom stereocenters. The van der Waals surface area contributed by atoms with E-state index < -0.39 is 10.1 Å². The minimum atomic E-state index is -3.87. The molecule has 0 saturated carbocycles. The zero-order valence-electron chi connectivity index (χ0n) is 11.6. The predicted octanol–water partition coefficient (Wildman–Crippen LogP) is 0.401. The minimum absolute atomic E-state index is 0.0342. The maximum absolute atomic E-state index is 10.9. The maximum Gasteiger partial charge on any atom is 0.265 e. The zero-order valence-corrected chi connectivity index (χ0v) is 12.4. The molecule has 0 aliphatic carbocycles. The van der Waals surface area contributed by atoms with Gasteiger partial charge in [-0.25, -0.2) is 0 Å². The normalized spacial score (nSPS) is 19.1. The van der Waals surface area contributed by atoms with Crippen LogP contribution in [0.4, 0.5) is 0 Å². The summed E-state index contributed by atoms with van der Waals surface area (Å²) in [5, 5.41) is 2.80. The van der Waals surface area contributed by atoms with Gasteiger partial charge in [0.15, 0.2) is 0 Å². The van der Waals surface area contributed by atoms with Crippen LogP contribution >= 0.6 is 0 Å². The van der Waals surface area contributed by atoms with Crippen molar-refractivity contribution in [1.29, 1.82) is 0 Å². The molecule has 7 heteroatoms. The third kappa shape index (κ3) is 6.89. The molecule has 6 nitrogen and oxygen atoms in total. The van der Waals surface area contributed by atoms with Crippen molar-refractivity contribution >= 4 is 16.0 Å². The lowest BCUT2D eigenvalue weighted by atomic mass is 10.1. The second kappa shape index (κ2) is 7.21. The van der Waals surface area contributed by atoms with Gasteiger partial charge in [-0.05, 0) is 19.3 Å². The predicted molar refractivity (Wildman–Crippen MR) is 73.3 cm³/mol. The Bertz CT molecular complexity index is 389. The maximum atomic E-state index is 10.9.